The van der Waals surface area contributed by atoms with Crippen molar-refractivity contribution in [3.05, 3.63) is 51.2 Å². The minimum Gasteiger partial charge on any atom is -0.377 e. The van der Waals surface area contributed by atoms with Crippen molar-refractivity contribution in [1.29, 1.82) is 0 Å². The molecule has 2 aliphatic heterocycles. The summed E-state index contributed by atoms with van der Waals surface area (Å²) in [7, 11) is 0. The number of ether oxygens (including phenoxy) is 1. The van der Waals surface area contributed by atoms with E-state index in [0.29, 0.717) is 47.3 Å². The van der Waals surface area contributed by atoms with Gasteiger partial charge in [0.1, 0.15) is 0 Å². The molecule has 2 aliphatic rings. The Morgan fingerprint density at radius 3 is 2.37 bits per heavy atom. The Hall–Kier alpha value is -2.95. The number of hydrogen-bond acceptors (Lipinski definition) is 6. The van der Waals surface area contributed by atoms with Crippen LogP contribution in [0.25, 0.3) is 0 Å². The number of carbonyl (C=O) groups excluding carboxylic acids is 4. The van der Waals surface area contributed by atoms with Crippen LogP contribution in [-0.2, 0) is 14.3 Å². The van der Waals surface area contributed by atoms with Gasteiger partial charge in [0.15, 0.2) is 0 Å². The highest BCUT2D eigenvalue weighted by atomic mass is 35.5. The Bertz CT molecular complexity index is 1140. The number of carbonyl (C=O) groups is 4. The van der Waals surface area contributed by atoms with Crippen LogP contribution in [0.5, 0.6) is 0 Å². The van der Waals surface area contributed by atoms with E-state index in [1.54, 1.807) is 46.2 Å². The van der Waals surface area contributed by atoms with Crippen LogP contribution in [0.3, 0.4) is 0 Å². The third-order valence-corrected chi connectivity index (χ3v) is 7.88. The van der Waals surface area contributed by atoms with Gasteiger partial charge in [-0.3, -0.25) is 19.2 Å². The van der Waals surface area contributed by atoms with E-state index in [9.17, 15) is 19.2 Å². The van der Waals surface area contributed by atoms with Crippen molar-refractivity contribution >= 4 is 52.3 Å². The van der Waals surface area contributed by atoms with E-state index < -0.39 is 6.04 Å². The number of nitrogens with zero attached hydrogens (tertiary/aromatic N) is 2. The van der Waals surface area contributed by atoms with Gasteiger partial charge in [-0.05, 0) is 62.1 Å². The zero-order valence-corrected chi connectivity index (χ0v) is 22.8. The van der Waals surface area contributed by atoms with Gasteiger partial charge in [-0.1, -0.05) is 11.6 Å². The Morgan fingerprint density at radius 2 is 1.68 bits per heavy atom. The topological polar surface area (TPSA) is 108 Å². The van der Waals surface area contributed by atoms with Crippen LogP contribution in [0.15, 0.2) is 36.4 Å². The third-order valence-electron chi connectivity index (χ3n) is 6.65. The van der Waals surface area contributed by atoms with Crippen molar-refractivity contribution in [2.75, 3.05) is 44.3 Å². The normalized spacial score (nSPS) is 16.9. The number of benzene rings is 1. The second-order valence-electron chi connectivity index (χ2n) is 9.45. The number of rotatable bonds is 11. The number of anilines is 1. The van der Waals surface area contributed by atoms with Crippen LogP contribution in [-0.4, -0.2) is 74.0 Å². The highest BCUT2D eigenvalue weighted by Gasteiger charge is 2.22. The summed E-state index contributed by atoms with van der Waals surface area (Å²) in [6.45, 7) is 2.58. The highest BCUT2D eigenvalue weighted by Crippen LogP contribution is 2.22. The minimum absolute atomic E-state index is 0.0969. The lowest BCUT2D eigenvalue weighted by Crippen LogP contribution is -2.46. The Balaban J connectivity index is 1.33. The summed E-state index contributed by atoms with van der Waals surface area (Å²) >= 11 is 7.12. The van der Waals surface area contributed by atoms with E-state index in [0.717, 1.165) is 37.9 Å². The van der Waals surface area contributed by atoms with Crippen LogP contribution >= 0.6 is 22.9 Å². The van der Waals surface area contributed by atoms with Crippen molar-refractivity contribution in [1.82, 2.24) is 15.5 Å². The number of nitrogens with one attached hydrogen (secondary N) is 2. The fourth-order valence-electron chi connectivity index (χ4n) is 4.53. The van der Waals surface area contributed by atoms with Crippen LogP contribution < -0.4 is 15.5 Å². The van der Waals surface area contributed by atoms with Gasteiger partial charge in [0.2, 0.25) is 11.8 Å². The highest BCUT2D eigenvalue weighted by molar-refractivity contribution is 7.18. The standard InChI is InChI=1S/C27H33ClN4O5S/c28-23-12-11-22(38-23)27(36)29-17-20(18-37-16-15-31-13-3-1-5-24(31)33)30-26(35)19-7-9-21(10-8-19)32-14-4-2-6-25(32)34/h7-12,20H,1-6,13-18H2,(H,29,36)(H,30,35). The number of halogens is 1. The molecule has 0 bridgehead atoms. The van der Waals surface area contributed by atoms with E-state index in [1.165, 1.54) is 11.3 Å². The molecule has 11 heteroatoms. The molecule has 0 spiro atoms. The first-order valence-corrected chi connectivity index (χ1v) is 14.2. The average molecular weight is 561 g/mol. The van der Waals surface area contributed by atoms with Crippen LogP contribution in [0.4, 0.5) is 5.69 Å². The third kappa shape index (κ3) is 7.78. The Kier molecular flexibility index (Phi) is 10.1. The fourth-order valence-corrected chi connectivity index (χ4v) is 5.49. The number of amides is 4. The largest absolute Gasteiger partial charge is 0.377 e. The van der Waals surface area contributed by atoms with Gasteiger partial charge in [-0.15, -0.1) is 11.3 Å². The van der Waals surface area contributed by atoms with E-state index in [2.05, 4.69) is 10.6 Å². The molecule has 0 saturated carbocycles. The summed E-state index contributed by atoms with van der Waals surface area (Å²) < 4.78 is 6.33. The first kappa shape index (κ1) is 28.1. The number of hydrogen-bond donors (Lipinski definition) is 2. The second-order valence-corrected chi connectivity index (χ2v) is 11.2. The minimum atomic E-state index is -0.498. The van der Waals surface area contributed by atoms with Crippen molar-refractivity contribution in [3.8, 4) is 0 Å². The van der Waals surface area contributed by atoms with Crippen LogP contribution in [0, 0.1) is 0 Å². The van der Waals surface area contributed by atoms with Gasteiger partial charge < -0.3 is 25.2 Å². The maximum Gasteiger partial charge on any atom is 0.261 e. The second kappa shape index (κ2) is 13.7. The number of piperidine rings is 2. The first-order chi connectivity index (χ1) is 18.4. The summed E-state index contributed by atoms with van der Waals surface area (Å²) in [6.07, 6.45) is 4.90. The van der Waals surface area contributed by atoms with Crippen molar-refractivity contribution in [3.63, 3.8) is 0 Å². The molecule has 4 rings (SSSR count). The van der Waals surface area contributed by atoms with Gasteiger partial charge >= 0.3 is 0 Å². The quantitative estimate of drug-likeness (QED) is 0.409. The van der Waals surface area contributed by atoms with Crippen LogP contribution in [0.1, 0.15) is 58.6 Å². The molecule has 0 radical (unpaired) electrons. The first-order valence-electron chi connectivity index (χ1n) is 13.0. The smallest absolute Gasteiger partial charge is 0.261 e. The van der Waals surface area contributed by atoms with Gasteiger partial charge in [-0.25, -0.2) is 0 Å². The maximum atomic E-state index is 13.0. The molecule has 0 aliphatic carbocycles. The molecule has 2 aromatic rings. The predicted octanol–water partition coefficient (Wildman–Crippen LogP) is 3.48. The fraction of sp³-hybridized carbons (Fsp3) is 0.481. The molecule has 1 atom stereocenters. The van der Waals surface area contributed by atoms with Gasteiger partial charge in [0, 0.05) is 50.3 Å². The summed E-state index contributed by atoms with van der Waals surface area (Å²) in [5.74, 6) is -0.355. The molecule has 1 unspecified atom stereocenters. The molecule has 9 nitrogen and oxygen atoms in total. The molecule has 2 N–H and O–H groups in total. The van der Waals surface area contributed by atoms with Gasteiger partial charge in [0.05, 0.1) is 28.5 Å². The predicted molar refractivity (Wildman–Crippen MR) is 147 cm³/mol. The Morgan fingerprint density at radius 1 is 0.947 bits per heavy atom. The molecule has 1 aromatic heterocycles. The summed E-state index contributed by atoms with van der Waals surface area (Å²) in [6, 6.07) is 9.76. The summed E-state index contributed by atoms with van der Waals surface area (Å²) in [5, 5.41) is 5.77. The molecular formula is C27H33ClN4O5S. The van der Waals surface area contributed by atoms with E-state index in [-0.39, 0.29) is 36.8 Å². The molecular weight excluding hydrogens is 528 g/mol. The Labute approximate surface area is 231 Å². The number of likely N-dealkylation sites (tertiary alicyclic amines) is 1. The van der Waals surface area contributed by atoms with Gasteiger partial charge in [-0.2, -0.15) is 0 Å². The lowest BCUT2D eigenvalue weighted by molar-refractivity contribution is -0.134. The van der Waals surface area contributed by atoms with E-state index in [1.807, 2.05) is 0 Å². The van der Waals surface area contributed by atoms with Crippen molar-refractivity contribution in [2.24, 2.45) is 0 Å². The zero-order chi connectivity index (χ0) is 26.9. The lowest BCUT2D eigenvalue weighted by atomic mass is 10.1. The molecule has 1 aromatic carbocycles. The van der Waals surface area contributed by atoms with Crippen LogP contribution in [0.2, 0.25) is 4.34 Å². The molecule has 204 valence electrons. The average Bonchev–Trinajstić information content (AvgIpc) is 3.37. The molecule has 3 heterocycles. The molecule has 4 amide bonds. The van der Waals surface area contributed by atoms with Crippen molar-refractivity contribution < 1.29 is 23.9 Å². The summed E-state index contributed by atoms with van der Waals surface area (Å²) in [5.41, 5.74) is 1.22. The van der Waals surface area contributed by atoms with Crippen molar-refractivity contribution in [2.45, 2.75) is 44.6 Å². The van der Waals surface area contributed by atoms with E-state index >= 15 is 0 Å². The van der Waals surface area contributed by atoms with Gasteiger partial charge in [0.25, 0.3) is 11.8 Å². The molecule has 2 saturated heterocycles. The number of thiophene rings is 1. The lowest BCUT2D eigenvalue weighted by Gasteiger charge is -2.27. The van der Waals surface area contributed by atoms with E-state index in [4.69, 9.17) is 16.3 Å². The monoisotopic (exact) mass is 560 g/mol. The summed E-state index contributed by atoms with van der Waals surface area (Å²) in [4.78, 5) is 53.8. The molecule has 38 heavy (non-hydrogen) atoms. The SMILES string of the molecule is O=C(NC(CNC(=O)c1ccc(Cl)s1)COCCN1CCCCC1=O)c1ccc(N2CCCCC2=O)cc1. The zero-order valence-electron chi connectivity index (χ0n) is 21.2. The molecule has 2 fully saturated rings. The maximum absolute atomic E-state index is 13.0.